The molecule has 0 aliphatic rings. The number of aryl methyl sites for hydroxylation is 2. The van der Waals surface area contributed by atoms with Crippen molar-refractivity contribution in [1.29, 1.82) is 0 Å². The van der Waals surface area contributed by atoms with Gasteiger partial charge in [0.25, 0.3) is 5.91 Å². The van der Waals surface area contributed by atoms with Crippen LogP contribution < -0.4 is 10.1 Å². The molecule has 5 heteroatoms. The maximum absolute atomic E-state index is 12.9. The Labute approximate surface area is 167 Å². The van der Waals surface area contributed by atoms with E-state index in [1.807, 2.05) is 76.2 Å². The molecule has 2 amide bonds. The highest BCUT2D eigenvalue weighted by Gasteiger charge is 2.26. The highest BCUT2D eigenvalue weighted by molar-refractivity contribution is 5.88. The number of carbonyl (C=O) groups is 2. The molecule has 2 rings (SSSR count). The van der Waals surface area contributed by atoms with Crippen LogP contribution in [0.5, 0.6) is 5.75 Å². The third kappa shape index (κ3) is 6.41. The zero-order valence-electron chi connectivity index (χ0n) is 17.4. The van der Waals surface area contributed by atoms with Gasteiger partial charge in [-0.1, -0.05) is 42.0 Å². The summed E-state index contributed by atoms with van der Waals surface area (Å²) in [6, 6.07) is 14.9. The summed E-state index contributed by atoms with van der Waals surface area (Å²) in [7, 11) is 0. The van der Waals surface area contributed by atoms with Gasteiger partial charge < -0.3 is 15.0 Å². The van der Waals surface area contributed by atoms with Gasteiger partial charge >= 0.3 is 0 Å². The molecular weight excluding hydrogens is 352 g/mol. The second kappa shape index (κ2) is 9.93. The smallest absolute Gasteiger partial charge is 0.261 e. The molecule has 0 spiro atoms. The number of hydrogen-bond donors (Lipinski definition) is 1. The first kappa shape index (κ1) is 21.5. The normalized spacial score (nSPS) is 11.8. The molecule has 0 saturated heterocycles. The minimum atomic E-state index is -0.600. The van der Waals surface area contributed by atoms with Crippen LogP contribution in [-0.2, 0) is 16.1 Å². The van der Waals surface area contributed by atoms with E-state index in [-0.39, 0.29) is 24.5 Å². The Kier molecular flexibility index (Phi) is 7.61. The van der Waals surface area contributed by atoms with Crippen LogP contribution in [0.3, 0.4) is 0 Å². The minimum absolute atomic E-state index is 0.00872. The number of nitrogens with one attached hydrogen (secondary N) is 1. The first-order valence-electron chi connectivity index (χ1n) is 9.61. The molecule has 0 aliphatic carbocycles. The van der Waals surface area contributed by atoms with Crippen LogP contribution in [0.2, 0.25) is 0 Å². The van der Waals surface area contributed by atoms with Crippen molar-refractivity contribution in [3.05, 3.63) is 65.2 Å². The van der Waals surface area contributed by atoms with Crippen molar-refractivity contribution in [1.82, 2.24) is 10.2 Å². The molecule has 0 saturated carbocycles. The van der Waals surface area contributed by atoms with E-state index in [1.54, 1.807) is 11.8 Å². The van der Waals surface area contributed by atoms with Crippen LogP contribution >= 0.6 is 0 Å². The number of amides is 2. The van der Waals surface area contributed by atoms with E-state index in [2.05, 4.69) is 5.32 Å². The molecule has 2 aromatic rings. The van der Waals surface area contributed by atoms with Gasteiger partial charge in [0.05, 0.1) is 0 Å². The lowest BCUT2D eigenvalue weighted by molar-refractivity contribution is -0.142. The minimum Gasteiger partial charge on any atom is -0.484 e. The summed E-state index contributed by atoms with van der Waals surface area (Å²) in [6.07, 6.45) is 0. The van der Waals surface area contributed by atoms with Crippen molar-refractivity contribution in [3.63, 3.8) is 0 Å². The van der Waals surface area contributed by atoms with E-state index in [9.17, 15) is 9.59 Å². The predicted octanol–water partition coefficient (Wildman–Crippen LogP) is 3.62. The summed E-state index contributed by atoms with van der Waals surface area (Å²) in [5, 5.41) is 2.88. The van der Waals surface area contributed by atoms with Crippen molar-refractivity contribution in [2.24, 2.45) is 0 Å². The summed E-state index contributed by atoms with van der Waals surface area (Å²) in [4.78, 5) is 27.0. The third-order valence-electron chi connectivity index (χ3n) is 4.39. The van der Waals surface area contributed by atoms with Gasteiger partial charge in [-0.15, -0.1) is 0 Å². The average molecular weight is 383 g/mol. The number of hydrogen-bond acceptors (Lipinski definition) is 3. The molecule has 28 heavy (non-hydrogen) atoms. The van der Waals surface area contributed by atoms with Crippen molar-refractivity contribution in [3.8, 4) is 5.75 Å². The van der Waals surface area contributed by atoms with Crippen LogP contribution in [0.15, 0.2) is 48.5 Å². The maximum atomic E-state index is 12.9. The largest absolute Gasteiger partial charge is 0.484 e. The molecule has 0 radical (unpaired) electrons. The van der Waals surface area contributed by atoms with Gasteiger partial charge in [-0.25, -0.2) is 0 Å². The molecule has 0 aliphatic heterocycles. The Hall–Kier alpha value is -2.82. The topological polar surface area (TPSA) is 58.6 Å². The van der Waals surface area contributed by atoms with Crippen LogP contribution in [0.25, 0.3) is 0 Å². The summed E-state index contributed by atoms with van der Waals surface area (Å²) < 4.78 is 5.68. The van der Waals surface area contributed by atoms with Crippen LogP contribution in [0.4, 0.5) is 0 Å². The van der Waals surface area contributed by atoms with Crippen molar-refractivity contribution in [2.75, 3.05) is 6.61 Å². The van der Waals surface area contributed by atoms with Crippen LogP contribution in [0.1, 0.15) is 37.5 Å². The molecule has 0 fully saturated rings. The van der Waals surface area contributed by atoms with Gasteiger partial charge in [0, 0.05) is 12.6 Å². The molecule has 5 nitrogen and oxygen atoms in total. The van der Waals surface area contributed by atoms with Gasteiger partial charge in [-0.05, 0) is 57.9 Å². The van der Waals surface area contributed by atoms with E-state index in [4.69, 9.17) is 4.74 Å². The van der Waals surface area contributed by atoms with Gasteiger partial charge in [-0.2, -0.15) is 0 Å². The second-order valence-corrected chi connectivity index (χ2v) is 7.46. The lowest BCUT2D eigenvalue weighted by Crippen LogP contribution is -2.50. The van der Waals surface area contributed by atoms with Gasteiger partial charge in [0.2, 0.25) is 5.91 Å². The van der Waals surface area contributed by atoms with Crippen LogP contribution in [-0.4, -0.2) is 35.4 Å². The Morgan fingerprint density at radius 1 is 1.00 bits per heavy atom. The lowest BCUT2D eigenvalue weighted by Gasteiger charge is -2.29. The van der Waals surface area contributed by atoms with Crippen molar-refractivity contribution < 1.29 is 14.3 Å². The fourth-order valence-corrected chi connectivity index (χ4v) is 2.93. The molecular formula is C23H30N2O3. The van der Waals surface area contributed by atoms with Gasteiger partial charge in [-0.3, -0.25) is 9.59 Å². The summed E-state index contributed by atoms with van der Waals surface area (Å²) in [5.41, 5.74) is 3.15. The number of nitrogens with zero attached hydrogens (tertiary/aromatic N) is 1. The molecule has 0 heterocycles. The zero-order valence-corrected chi connectivity index (χ0v) is 17.4. The summed E-state index contributed by atoms with van der Waals surface area (Å²) in [6.45, 7) is 9.76. The molecule has 1 N–H and O–H groups in total. The second-order valence-electron chi connectivity index (χ2n) is 7.46. The quantitative estimate of drug-likeness (QED) is 0.759. The standard InChI is InChI=1S/C23H30N2O3/c1-16(2)24-23(27)19(5)25(14-20-10-6-8-17(3)12-20)22(26)15-28-21-11-7-9-18(4)13-21/h6-13,16,19H,14-15H2,1-5H3,(H,24,27). The van der Waals surface area contributed by atoms with E-state index >= 15 is 0 Å². The van der Waals surface area contributed by atoms with E-state index in [0.29, 0.717) is 12.3 Å². The maximum Gasteiger partial charge on any atom is 0.261 e. The summed E-state index contributed by atoms with van der Waals surface area (Å²) >= 11 is 0. The number of rotatable bonds is 8. The van der Waals surface area contributed by atoms with Gasteiger partial charge in [0.1, 0.15) is 11.8 Å². The highest BCUT2D eigenvalue weighted by atomic mass is 16.5. The fourth-order valence-electron chi connectivity index (χ4n) is 2.93. The fraction of sp³-hybridized carbons (Fsp3) is 0.391. The van der Waals surface area contributed by atoms with Crippen LogP contribution in [0, 0.1) is 13.8 Å². The first-order chi connectivity index (χ1) is 13.3. The SMILES string of the molecule is Cc1cccc(CN(C(=O)COc2cccc(C)c2)C(C)C(=O)NC(C)C)c1. The lowest BCUT2D eigenvalue weighted by atomic mass is 10.1. The third-order valence-corrected chi connectivity index (χ3v) is 4.39. The Morgan fingerprint density at radius 3 is 2.25 bits per heavy atom. The van der Waals surface area contributed by atoms with Gasteiger partial charge in [0.15, 0.2) is 6.61 Å². The molecule has 1 unspecified atom stereocenters. The monoisotopic (exact) mass is 382 g/mol. The first-order valence-corrected chi connectivity index (χ1v) is 9.61. The molecule has 150 valence electrons. The number of benzene rings is 2. The van der Waals surface area contributed by atoms with E-state index in [1.165, 1.54) is 0 Å². The van der Waals surface area contributed by atoms with E-state index < -0.39 is 6.04 Å². The van der Waals surface area contributed by atoms with Crippen molar-refractivity contribution >= 4 is 11.8 Å². The number of carbonyl (C=O) groups excluding carboxylic acids is 2. The highest BCUT2D eigenvalue weighted by Crippen LogP contribution is 2.15. The predicted molar refractivity (Wildman–Crippen MR) is 111 cm³/mol. The Morgan fingerprint density at radius 2 is 1.64 bits per heavy atom. The Balaban J connectivity index is 2.15. The van der Waals surface area contributed by atoms with E-state index in [0.717, 1.165) is 16.7 Å². The molecule has 0 aromatic heterocycles. The average Bonchev–Trinajstić information content (AvgIpc) is 2.63. The molecule has 1 atom stereocenters. The molecule has 2 aromatic carbocycles. The number of ether oxygens (including phenoxy) is 1. The molecule has 0 bridgehead atoms. The summed E-state index contributed by atoms with van der Waals surface area (Å²) in [5.74, 6) is 0.240. The zero-order chi connectivity index (χ0) is 20.7. The van der Waals surface area contributed by atoms with Crippen molar-refractivity contribution in [2.45, 2.75) is 53.2 Å². The Bertz CT molecular complexity index is 817.